The van der Waals surface area contributed by atoms with Crippen LogP contribution in [0.1, 0.15) is 18.4 Å². The fraction of sp³-hybridized carbons (Fsp3) is 0.0690. The molecule has 0 atom stereocenters. The number of rotatable bonds is 4. The van der Waals surface area contributed by atoms with Crippen LogP contribution in [0.25, 0.3) is 39.2 Å². The molecule has 0 unspecified atom stereocenters. The van der Waals surface area contributed by atoms with Gasteiger partial charge in [0, 0.05) is 11.1 Å². The number of hydrogen-bond acceptors (Lipinski definition) is 1. The van der Waals surface area contributed by atoms with Gasteiger partial charge in [-0.3, -0.25) is 0 Å². The summed E-state index contributed by atoms with van der Waals surface area (Å²) in [7, 11) is 0. The molecule has 0 spiro atoms. The van der Waals surface area contributed by atoms with Crippen molar-refractivity contribution in [1.29, 1.82) is 0 Å². The van der Waals surface area contributed by atoms with Gasteiger partial charge in [-0.25, -0.2) is 4.98 Å². The lowest BCUT2D eigenvalue weighted by molar-refractivity contribution is 1.04. The van der Waals surface area contributed by atoms with Crippen LogP contribution in [0, 0.1) is 0 Å². The molecule has 1 aliphatic rings. The van der Waals surface area contributed by atoms with E-state index in [9.17, 15) is 0 Å². The predicted octanol–water partition coefficient (Wildman–Crippen LogP) is 7.82. The van der Waals surface area contributed by atoms with E-state index in [0.717, 1.165) is 35.4 Å². The van der Waals surface area contributed by atoms with E-state index >= 15 is 0 Å². The molecule has 3 aromatic carbocycles. The summed E-state index contributed by atoms with van der Waals surface area (Å²) in [5, 5.41) is 0. The van der Waals surface area contributed by atoms with Gasteiger partial charge in [0.1, 0.15) is 0 Å². The molecule has 0 aliphatic heterocycles. The number of aromatic nitrogens is 1. The van der Waals surface area contributed by atoms with E-state index in [4.69, 9.17) is 4.98 Å². The summed E-state index contributed by atoms with van der Waals surface area (Å²) in [6.07, 6.45) is 9.05. The zero-order valence-corrected chi connectivity index (χ0v) is 16.8. The molecule has 4 aromatic rings. The number of pyridine rings is 1. The van der Waals surface area contributed by atoms with Gasteiger partial charge in [-0.2, -0.15) is 0 Å². The highest BCUT2D eigenvalue weighted by molar-refractivity contribution is 5.77. The molecular formula is C29H23N. The SMILES string of the molecule is C1=CC(c2ccc(-c3cccc(-c4ccc(-c5ccccc5)cc4)n3)cc2)=CCC1. The van der Waals surface area contributed by atoms with E-state index in [1.165, 1.54) is 22.3 Å². The van der Waals surface area contributed by atoms with Gasteiger partial charge in [-0.1, -0.05) is 103 Å². The van der Waals surface area contributed by atoms with Gasteiger partial charge in [0.05, 0.1) is 11.4 Å². The summed E-state index contributed by atoms with van der Waals surface area (Å²) < 4.78 is 0. The Kier molecular flexibility index (Phi) is 5.10. The molecule has 0 saturated heterocycles. The smallest absolute Gasteiger partial charge is 0.0709 e. The minimum atomic E-state index is 0.995. The molecule has 144 valence electrons. The van der Waals surface area contributed by atoms with Crippen LogP contribution in [0.3, 0.4) is 0 Å². The van der Waals surface area contributed by atoms with Crippen molar-refractivity contribution >= 4 is 5.57 Å². The highest BCUT2D eigenvalue weighted by atomic mass is 14.7. The molecule has 0 saturated carbocycles. The van der Waals surface area contributed by atoms with Gasteiger partial charge >= 0.3 is 0 Å². The lowest BCUT2D eigenvalue weighted by Crippen LogP contribution is -1.90. The first-order valence-corrected chi connectivity index (χ1v) is 10.5. The Hall–Kier alpha value is -3.71. The van der Waals surface area contributed by atoms with E-state index < -0.39 is 0 Å². The molecule has 5 rings (SSSR count). The van der Waals surface area contributed by atoms with Crippen LogP contribution >= 0.6 is 0 Å². The summed E-state index contributed by atoms with van der Waals surface area (Å²) in [5.74, 6) is 0. The van der Waals surface area contributed by atoms with Gasteiger partial charge < -0.3 is 0 Å². The van der Waals surface area contributed by atoms with E-state index in [1.54, 1.807) is 0 Å². The van der Waals surface area contributed by atoms with Crippen LogP contribution < -0.4 is 0 Å². The quantitative estimate of drug-likeness (QED) is 0.349. The minimum absolute atomic E-state index is 0.995. The fourth-order valence-corrected chi connectivity index (χ4v) is 3.88. The lowest BCUT2D eigenvalue weighted by atomic mass is 9.98. The second-order valence-electron chi connectivity index (χ2n) is 7.57. The summed E-state index contributed by atoms with van der Waals surface area (Å²) in [4.78, 5) is 4.93. The van der Waals surface area contributed by atoms with E-state index in [-0.39, 0.29) is 0 Å². The van der Waals surface area contributed by atoms with E-state index in [0.29, 0.717) is 0 Å². The topological polar surface area (TPSA) is 12.9 Å². The predicted molar refractivity (Wildman–Crippen MR) is 127 cm³/mol. The van der Waals surface area contributed by atoms with Crippen molar-refractivity contribution in [3.8, 4) is 33.6 Å². The van der Waals surface area contributed by atoms with Crippen molar-refractivity contribution in [2.45, 2.75) is 12.8 Å². The van der Waals surface area contributed by atoms with Crippen LogP contribution in [0.5, 0.6) is 0 Å². The molecule has 0 fully saturated rings. The average Bonchev–Trinajstić information content (AvgIpc) is 2.85. The van der Waals surface area contributed by atoms with Crippen molar-refractivity contribution in [3.05, 3.63) is 121 Å². The number of nitrogens with zero attached hydrogens (tertiary/aromatic N) is 1. The lowest BCUT2D eigenvalue weighted by Gasteiger charge is -2.09. The van der Waals surface area contributed by atoms with Crippen LogP contribution in [0.15, 0.2) is 115 Å². The Morgan fingerprint density at radius 1 is 0.467 bits per heavy atom. The summed E-state index contributed by atoms with van der Waals surface area (Å²) in [5.41, 5.74) is 9.29. The van der Waals surface area contributed by atoms with Crippen molar-refractivity contribution in [1.82, 2.24) is 4.98 Å². The standard InChI is InChI=1S/C29H23N/c1-3-8-22(9-4-1)24-14-18-26(19-15-24)28-12-7-13-29(30-28)27-20-16-25(17-21-27)23-10-5-2-6-11-23/h1,3-5,7-21H,2,6H2. The monoisotopic (exact) mass is 385 g/mol. The molecule has 0 bridgehead atoms. The number of benzene rings is 3. The third-order valence-electron chi connectivity index (χ3n) is 5.55. The van der Waals surface area contributed by atoms with E-state index in [1.807, 2.05) is 6.07 Å². The Balaban J connectivity index is 1.40. The second-order valence-corrected chi connectivity index (χ2v) is 7.57. The third-order valence-corrected chi connectivity index (χ3v) is 5.55. The Morgan fingerprint density at radius 3 is 1.63 bits per heavy atom. The molecule has 1 aliphatic carbocycles. The van der Waals surface area contributed by atoms with Gasteiger partial charge in [0.2, 0.25) is 0 Å². The third kappa shape index (κ3) is 3.88. The first-order chi connectivity index (χ1) is 14.9. The summed E-state index contributed by atoms with van der Waals surface area (Å²) in [6.45, 7) is 0. The zero-order chi connectivity index (χ0) is 20.2. The largest absolute Gasteiger partial charge is 0.248 e. The van der Waals surface area contributed by atoms with Gasteiger partial charge in [0.15, 0.2) is 0 Å². The first kappa shape index (κ1) is 18.3. The van der Waals surface area contributed by atoms with Crippen molar-refractivity contribution in [2.75, 3.05) is 0 Å². The van der Waals surface area contributed by atoms with Crippen molar-refractivity contribution < 1.29 is 0 Å². The maximum atomic E-state index is 4.93. The molecule has 1 nitrogen and oxygen atoms in total. The van der Waals surface area contributed by atoms with Crippen LogP contribution in [0.2, 0.25) is 0 Å². The van der Waals surface area contributed by atoms with Gasteiger partial charge in [-0.15, -0.1) is 0 Å². The number of hydrogen-bond donors (Lipinski definition) is 0. The van der Waals surface area contributed by atoms with Crippen LogP contribution in [-0.4, -0.2) is 4.98 Å². The molecule has 0 N–H and O–H groups in total. The molecule has 1 heteroatoms. The summed E-state index contributed by atoms with van der Waals surface area (Å²) in [6, 6.07) is 34.1. The van der Waals surface area contributed by atoms with Crippen molar-refractivity contribution in [3.63, 3.8) is 0 Å². The van der Waals surface area contributed by atoms with Crippen molar-refractivity contribution in [2.24, 2.45) is 0 Å². The normalized spacial score (nSPS) is 13.1. The molecule has 1 heterocycles. The molecule has 1 aromatic heterocycles. The van der Waals surface area contributed by atoms with Crippen LogP contribution in [-0.2, 0) is 0 Å². The Bertz CT molecular complexity index is 1200. The Morgan fingerprint density at radius 2 is 1.03 bits per heavy atom. The zero-order valence-electron chi connectivity index (χ0n) is 16.8. The maximum Gasteiger partial charge on any atom is 0.0709 e. The highest BCUT2D eigenvalue weighted by Gasteiger charge is 2.06. The molecule has 0 amide bonds. The minimum Gasteiger partial charge on any atom is -0.248 e. The van der Waals surface area contributed by atoms with Gasteiger partial charge in [0.25, 0.3) is 0 Å². The maximum absolute atomic E-state index is 4.93. The highest BCUT2D eigenvalue weighted by Crippen LogP contribution is 2.27. The first-order valence-electron chi connectivity index (χ1n) is 10.5. The molecule has 0 radical (unpaired) electrons. The van der Waals surface area contributed by atoms with Crippen LogP contribution in [0.4, 0.5) is 0 Å². The average molecular weight is 386 g/mol. The molecule has 30 heavy (non-hydrogen) atoms. The second kappa shape index (κ2) is 8.34. The fourth-order valence-electron chi connectivity index (χ4n) is 3.88. The Labute approximate surface area is 178 Å². The van der Waals surface area contributed by atoms with Gasteiger partial charge in [-0.05, 0) is 47.2 Å². The number of allylic oxidation sites excluding steroid dienone is 4. The summed E-state index contributed by atoms with van der Waals surface area (Å²) >= 11 is 0. The van der Waals surface area contributed by atoms with E-state index in [2.05, 4.69) is 109 Å². The molecular weight excluding hydrogens is 362 g/mol.